The molecule has 0 spiro atoms. The van der Waals surface area contributed by atoms with Gasteiger partial charge in [-0.25, -0.2) is 4.39 Å². The van der Waals surface area contributed by atoms with Crippen LogP contribution in [0.15, 0.2) is 18.2 Å². The number of aryl methyl sites for hydroxylation is 1. The molecule has 72 valence electrons. The van der Waals surface area contributed by atoms with Crippen molar-refractivity contribution in [1.29, 1.82) is 0 Å². The van der Waals surface area contributed by atoms with Gasteiger partial charge in [-0.15, -0.1) is 0 Å². The molecule has 0 bridgehead atoms. The van der Waals surface area contributed by atoms with E-state index in [4.69, 9.17) is 0 Å². The molecule has 0 unspecified atom stereocenters. The van der Waals surface area contributed by atoms with Gasteiger partial charge in [0.25, 0.3) is 0 Å². The third kappa shape index (κ3) is 1.13. The number of H-pyrrole nitrogens is 1. The predicted octanol–water partition coefficient (Wildman–Crippen LogP) is 2.76. The first kappa shape index (κ1) is 8.94. The maximum Gasteiger partial charge on any atom is 0.166 e. The number of hydrogen-bond acceptors (Lipinski definition) is 1. The lowest BCUT2D eigenvalue weighted by Crippen LogP contribution is -1.82. The smallest absolute Gasteiger partial charge is 0.166 e. The van der Waals surface area contributed by atoms with E-state index in [1.807, 2.05) is 13.0 Å². The number of halogens is 1. The lowest BCUT2D eigenvalue weighted by molar-refractivity contribution is 0.111. The van der Waals surface area contributed by atoms with Crippen molar-refractivity contribution in [3.05, 3.63) is 35.0 Å². The Labute approximate surface area is 80.7 Å². The summed E-state index contributed by atoms with van der Waals surface area (Å²) in [5.74, 6) is 0. The van der Waals surface area contributed by atoms with E-state index >= 15 is 0 Å². The fourth-order valence-electron chi connectivity index (χ4n) is 1.66. The summed E-state index contributed by atoms with van der Waals surface area (Å²) in [5.41, 5.74) is 2.74. The molecule has 0 fully saturated rings. The minimum Gasteiger partial charge on any atom is -0.352 e. The lowest BCUT2D eigenvalue weighted by Gasteiger charge is -1.96. The molecule has 1 heterocycles. The maximum atomic E-state index is 12.6. The van der Waals surface area contributed by atoms with Gasteiger partial charge in [0.15, 0.2) is 6.29 Å². The van der Waals surface area contributed by atoms with Crippen LogP contribution in [-0.2, 0) is 6.67 Å². The van der Waals surface area contributed by atoms with E-state index in [-0.39, 0.29) is 0 Å². The summed E-state index contributed by atoms with van der Waals surface area (Å²) in [4.78, 5) is 13.6. The Kier molecular flexibility index (Phi) is 2.08. The first-order valence-electron chi connectivity index (χ1n) is 4.39. The van der Waals surface area contributed by atoms with Gasteiger partial charge in [0.2, 0.25) is 0 Å². The number of carbonyl (C=O) groups is 1. The van der Waals surface area contributed by atoms with Gasteiger partial charge in [0, 0.05) is 10.9 Å². The average molecular weight is 191 g/mol. The molecule has 2 aromatic rings. The van der Waals surface area contributed by atoms with Crippen LogP contribution < -0.4 is 0 Å². The van der Waals surface area contributed by atoms with Gasteiger partial charge in [-0.05, 0) is 12.5 Å². The molecule has 0 aliphatic rings. The Bertz CT molecular complexity index is 487. The number of nitrogens with one attached hydrogen (secondary N) is 1. The third-order valence-electron chi connectivity index (χ3n) is 2.48. The predicted molar refractivity (Wildman–Crippen MR) is 53.2 cm³/mol. The van der Waals surface area contributed by atoms with Crippen LogP contribution >= 0.6 is 0 Å². The number of hydrogen-bond donors (Lipinski definition) is 1. The summed E-state index contributed by atoms with van der Waals surface area (Å²) in [6.07, 6.45) is 0.761. The van der Waals surface area contributed by atoms with Gasteiger partial charge < -0.3 is 4.98 Å². The van der Waals surface area contributed by atoms with E-state index in [0.29, 0.717) is 11.3 Å². The number of para-hydroxylation sites is 1. The minimum atomic E-state index is -0.518. The van der Waals surface area contributed by atoms with Crippen molar-refractivity contribution >= 4 is 17.2 Å². The standard InChI is InChI=1S/C11H10FNO/c1-7-9-4-2-3-8(5-12)11(9)13-10(7)6-14/h2-4,6,13H,5H2,1H3. The van der Waals surface area contributed by atoms with Crippen molar-refractivity contribution in [1.82, 2.24) is 4.98 Å². The molecule has 0 radical (unpaired) electrons. The molecule has 2 nitrogen and oxygen atoms in total. The number of fused-ring (bicyclic) bond motifs is 1. The van der Waals surface area contributed by atoms with Crippen LogP contribution in [0.5, 0.6) is 0 Å². The largest absolute Gasteiger partial charge is 0.352 e. The van der Waals surface area contributed by atoms with Gasteiger partial charge in [0.1, 0.15) is 6.67 Å². The van der Waals surface area contributed by atoms with Crippen molar-refractivity contribution in [2.24, 2.45) is 0 Å². The summed E-state index contributed by atoms with van der Waals surface area (Å²) in [5, 5.41) is 0.919. The summed E-state index contributed by atoms with van der Waals surface area (Å²) < 4.78 is 12.6. The zero-order chi connectivity index (χ0) is 10.1. The SMILES string of the molecule is Cc1c(C=O)[nH]c2c(CF)cccc12. The summed E-state index contributed by atoms with van der Waals surface area (Å²) in [6, 6.07) is 5.40. The number of alkyl halides is 1. The van der Waals surface area contributed by atoms with Crippen molar-refractivity contribution in [2.45, 2.75) is 13.6 Å². The molecule has 0 amide bonds. The van der Waals surface area contributed by atoms with E-state index in [2.05, 4.69) is 4.98 Å². The summed E-state index contributed by atoms with van der Waals surface area (Å²) >= 11 is 0. The van der Waals surface area contributed by atoms with E-state index < -0.39 is 6.67 Å². The van der Waals surface area contributed by atoms with E-state index in [0.717, 1.165) is 22.8 Å². The number of benzene rings is 1. The summed E-state index contributed by atoms with van der Waals surface area (Å²) in [6.45, 7) is 1.33. The number of carbonyl (C=O) groups excluding carboxylic acids is 1. The van der Waals surface area contributed by atoms with Crippen molar-refractivity contribution in [3.63, 3.8) is 0 Å². The molecular weight excluding hydrogens is 181 g/mol. The van der Waals surface area contributed by atoms with Crippen LogP contribution in [0.1, 0.15) is 21.6 Å². The normalized spacial score (nSPS) is 10.7. The molecule has 0 atom stereocenters. The molecule has 0 aliphatic carbocycles. The van der Waals surface area contributed by atoms with Crippen LogP contribution in [0, 0.1) is 6.92 Å². The van der Waals surface area contributed by atoms with E-state index in [9.17, 15) is 9.18 Å². The minimum absolute atomic E-state index is 0.518. The Morgan fingerprint density at radius 2 is 2.29 bits per heavy atom. The molecule has 3 heteroatoms. The Balaban J connectivity index is 2.83. The van der Waals surface area contributed by atoms with Crippen LogP contribution in [0.3, 0.4) is 0 Å². The van der Waals surface area contributed by atoms with Crippen LogP contribution in [0.25, 0.3) is 10.9 Å². The van der Waals surface area contributed by atoms with E-state index in [1.54, 1.807) is 12.1 Å². The number of rotatable bonds is 2. The van der Waals surface area contributed by atoms with Crippen LogP contribution in [0.4, 0.5) is 4.39 Å². The van der Waals surface area contributed by atoms with Crippen molar-refractivity contribution in [3.8, 4) is 0 Å². The van der Waals surface area contributed by atoms with Gasteiger partial charge >= 0.3 is 0 Å². The first-order valence-corrected chi connectivity index (χ1v) is 4.39. The second-order valence-corrected chi connectivity index (χ2v) is 3.25. The molecule has 2 rings (SSSR count). The van der Waals surface area contributed by atoms with Gasteiger partial charge in [-0.2, -0.15) is 0 Å². The molecular formula is C11H10FNO. The molecule has 1 aromatic carbocycles. The Hall–Kier alpha value is -1.64. The average Bonchev–Trinajstić information content (AvgIpc) is 2.55. The number of aromatic nitrogens is 1. The second kappa shape index (κ2) is 3.25. The third-order valence-corrected chi connectivity index (χ3v) is 2.48. The highest BCUT2D eigenvalue weighted by Crippen LogP contribution is 2.24. The fraction of sp³-hybridized carbons (Fsp3) is 0.182. The number of aromatic amines is 1. The second-order valence-electron chi connectivity index (χ2n) is 3.25. The number of aldehydes is 1. The first-order chi connectivity index (χ1) is 6.77. The maximum absolute atomic E-state index is 12.6. The molecule has 0 saturated heterocycles. The Morgan fingerprint density at radius 3 is 2.93 bits per heavy atom. The molecule has 14 heavy (non-hydrogen) atoms. The van der Waals surface area contributed by atoms with Gasteiger partial charge in [-0.1, -0.05) is 18.2 Å². The highest BCUT2D eigenvalue weighted by Gasteiger charge is 2.09. The topological polar surface area (TPSA) is 32.9 Å². The van der Waals surface area contributed by atoms with Gasteiger partial charge in [-0.3, -0.25) is 4.79 Å². The van der Waals surface area contributed by atoms with E-state index in [1.165, 1.54) is 0 Å². The van der Waals surface area contributed by atoms with Crippen LogP contribution in [0.2, 0.25) is 0 Å². The highest BCUT2D eigenvalue weighted by atomic mass is 19.1. The zero-order valence-electron chi connectivity index (χ0n) is 7.80. The Morgan fingerprint density at radius 1 is 1.50 bits per heavy atom. The molecule has 0 saturated carbocycles. The van der Waals surface area contributed by atoms with Crippen LogP contribution in [-0.4, -0.2) is 11.3 Å². The fourth-order valence-corrected chi connectivity index (χ4v) is 1.66. The molecule has 1 aromatic heterocycles. The quantitative estimate of drug-likeness (QED) is 0.727. The van der Waals surface area contributed by atoms with Crippen molar-refractivity contribution in [2.75, 3.05) is 0 Å². The highest BCUT2D eigenvalue weighted by molar-refractivity contribution is 5.93. The van der Waals surface area contributed by atoms with Gasteiger partial charge in [0.05, 0.1) is 11.2 Å². The monoisotopic (exact) mass is 191 g/mol. The van der Waals surface area contributed by atoms with Crippen molar-refractivity contribution < 1.29 is 9.18 Å². The lowest BCUT2D eigenvalue weighted by atomic mass is 10.1. The molecule has 0 aliphatic heterocycles. The molecule has 1 N–H and O–H groups in total. The summed E-state index contributed by atoms with van der Waals surface area (Å²) in [7, 11) is 0. The zero-order valence-corrected chi connectivity index (χ0v) is 7.80.